The van der Waals surface area contributed by atoms with E-state index in [4.69, 9.17) is 11.6 Å². The number of carbonyl (C=O) groups excluding carboxylic acids is 2. The molecule has 3 heterocycles. The minimum absolute atomic E-state index is 0.0574. The molecule has 1 fully saturated rings. The fraction of sp³-hybridized carbons (Fsp3) is 0.300. The molecular weight excluding hydrogens is 411 g/mol. The molecule has 8 nitrogen and oxygen atoms in total. The smallest absolute Gasteiger partial charge is 0.249 e. The Bertz CT molecular complexity index is 979. The maximum atomic E-state index is 13.3. The number of aliphatic imine (C=N–C) groups is 1. The summed E-state index contributed by atoms with van der Waals surface area (Å²) in [6, 6.07) is 8.79. The number of guanidine groups is 1. The maximum absolute atomic E-state index is 13.3. The van der Waals surface area contributed by atoms with Crippen LogP contribution in [-0.4, -0.2) is 59.9 Å². The van der Waals surface area contributed by atoms with Gasteiger partial charge in [0, 0.05) is 38.1 Å². The Labute approximate surface area is 177 Å². The maximum Gasteiger partial charge on any atom is 0.249 e. The quantitative estimate of drug-likeness (QED) is 0.776. The van der Waals surface area contributed by atoms with Crippen molar-refractivity contribution in [2.45, 2.75) is 12.5 Å². The molecule has 10 heteroatoms. The number of halogens is 2. The first kappa shape index (κ1) is 20.1. The van der Waals surface area contributed by atoms with E-state index in [2.05, 4.69) is 25.5 Å². The predicted octanol–water partition coefficient (Wildman–Crippen LogP) is 1.88. The second-order valence-electron chi connectivity index (χ2n) is 7.00. The van der Waals surface area contributed by atoms with Gasteiger partial charge in [0.1, 0.15) is 17.7 Å². The molecular formula is C20H20ClFN6O2. The van der Waals surface area contributed by atoms with Crippen molar-refractivity contribution < 1.29 is 14.0 Å². The van der Waals surface area contributed by atoms with Crippen LogP contribution in [0.15, 0.2) is 47.6 Å². The SMILES string of the molecule is O=C1C[C@@H](C(=O)Nc2ccc(F)c(Cl)c2)N=C(N2CCN(c3ccccn3)CC2)N1. The highest BCUT2D eigenvalue weighted by Crippen LogP contribution is 2.20. The van der Waals surface area contributed by atoms with Crippen LogP contribution in [0.3, 0.4) is 0 Å². The summed E-state index contributed by atoms with van der Waals surface area (Å²) in [5.74, 6) is 0.00430. The van der Waals surface area contributed by atoms with Crippen LogP contribution in [0.5, 0.6) is 0 Å². The minimum atomic E-state index is -0.869. The molecule has 0 spiro atoms. The number of hydrogen-bond acceptors (Lipinski definition) is 6. The molecule has 2 aliphatic heterocycles. The molecule has 0 aliphatic carbocycles. The second kappa shape index (κ2) is 8.66. The first-order chi connectivity index (χ1) is 14.5. The van der Waals surface area contributed by atoms with Gasteiger partial charge in [0.05, 0.1) is 11.4 Å². The number of anilines is 2. The summed E-state index contributed by atoms with van der Waals surface area (Å²) < 4.78 is 13.3. The van der Waals surface area contributed by atoms with Crippen LogP contribution in [0.2, 0.25) is 5.02 Å². The van der Waals surface area contributed by atoms with Gasteiger partial charge in [0.15, 0.2) is 0 Å². The standard InChI is InChI=1S/C20H20ClFN6O2/c21-14-11-13(4-5-15(14)22)24-19(30)16-12-18(29)26-20(25-16)28-9-7-27(8-10-28)17-3-1-2-6-23-17/h1-6,11,16H,7-10,12H2,(H,24,30)(H,25,26,29)/t16-/m0/s1. The van der Waals surface area contributed by atoms with Crippen molar-refractivity contribution in [1.29, 1.82) is 0 Å². The van der Waals surface area contributed by atoms with Crippen LogP contribution < -0.4 is 15.5 Å². The van der Waals surface area contributed by atoms with Gasteiger partial charge >= 0.3 is 0 Å². The van der Waals surface area contributed by atoms with Crippen LogP contribution in [-0.2, 0) is 9.59 Å². The third-order valence-corrected chi connectivity index (χ3v) is 5.24. The summed E-state index contributed by atoms with van der Waals surface area (Å²) >= 11 is 5.75. The Morgan fingerprint density at radius 2 is 1.93 bits per heavy atom. The lowest BCUT2D eigenvalue weighted by molar-refractivity contribution is -0.125. The fourth-order valence-corrected chi connectivity index (χ4v) is 3.56. The number of nitrogens with one attached hydrogen (secondary N) is 2. The molecule has 0 bridgehead atoms. The third-order valence-electron chi connectivity index (χ3n) is 4.95. The van der Waals surface area contributed by atoms with Gasteiger partial charge in [0.25, 0.3) is 0 Å². The molecule has 4 rings (SSSR count). The van der Waals surface area contributed by atoms with Gasteiger partial charge in [0.2, 0.25) is 17.8 Å². The molecule has 1 atom stereocenters. The lowest BCUT2D eigenvalue weighted by Crippen LogP contribution is -2.56. The molecule has 0 unspecified atom stereocenters. The zero-order chi connectivity index (χ0) is 21.1. The fourth-order valence-electron chi connectivity index (χ4n) is 3.38. The van der Waals surface area contributed by atoms with Gasteiger partial charge in [-0.05, 0) is 30.3 Å². The molecule has 156 valence electrons. The number of carbonyl (C=O) groups is 2. The van der Waals surface area contributed by atoms with Crippen molar-refractivity contribution in [3.63, 3.8) is 0 Å². The van der Waals surface area contributed by atoms with Crippen molar-refractivity contribution >= 4 is 40.9 Å². The van der Waals surface area contributed by atoms with Gasteiger partial charge in [-0.15, -0.1) is 0 Å². The molecule has 0 radical (unpaired) electrons. The van der Waals surface area contributed by atoms with Crippen molar-refractivity contribution in [1.82, 2.24) is 15.2 Å². The topological polar surface area (TPSA) is 89.9 Å². The largest absolute Gasteiger partial charge is 0.353 e. The van der Waals surface area contributed by atoms with Gasteiger partial charge in [-0.3, -0.25) is 14.9 Å². The Balaban J connectivity index is 1.41. The Kier molecular flexibility index (Phi) is 5.80. The second-order valence-corrected chi connectivity index (χ2v) is 7.41. The predicted molar refractivity (Wildman–Crippen MR) is 112 cm³/mol. The highest BCUT2D eigenvalue weighted by atomic mass is 35.5. The van der Waals surface area contributed by atoms with E-state index in [1.807, 2.05) is 23.1 Å². The average Bonchev–Trinajstić information content (AvgIpc) is 2.76. The first-order valence-electron chi connectivity index (χ1n) is 9.54. The highest BCUT2D eigenvalue weighted by Gasteiger charge is 2.30. The van der Waals surface area contributed by atoms with Crippen molar-refractivity contribution in [3.8, 4) is 0 Å². The number of pyridine rings is 1. The highest BCUT2D eigenvalue weighted by molar-refractivity contribution is 6.31. The normalized spacial score (nSPS) is 19.2. The average molecular weight is 431 g/mol. The van der Waals surface area contributed by atoms with E-state index >= 15 is 0 Å². The van der Waals surface area contributed by atoms with Crippen LogP contribution in [0.1, 0.15) is 6.42 Å². The molecule has 2 aromatic rings. The molecule has 1 saturated heterocycles. The van der Waals surface area contributed by atoms with Crippen LogP contribution >= 0.6 is 11.6 Å². The van der Waals surface area contributed by atoms with E-state index in [9.17, 15) is 14.0 Å². The van der Waals surface area contributed by atoms with Crippen molar-refractivity contribution in [2.75, 3.05) is 36.4 Å². The van der Waals surface area contributed by atoms with Crippen LogP contribution in [0, 0.1) is 5.82 Å². The molecule has 1 aromatic heterocycles. The van der Waals surface area contributed by atoms with Gasteiger partial charge in [-0.1, -0.05) is 17.7 Å². The van der Waals surface area contributed by atoms with Crippen LogP contribution in [0.25, 0.3) is 0 Å². The summed E-state index contributed by atoms with van der Waals surface area (Å²) in [4.78, 5) is 37.7. The van der Waals surface area contributed by atoms with Crippen LogP contribution in [0.4, 0.5) is 15.9 Å². The number of piperazine rings is 1. The zero-order valence-electron chi connectivity index (χ0n) is 16.0. The van der Waals surface area contributed by atoms with Gasteiger partial charge in [-0.2, -0.15) is 0 Å². The van der Waals surface area contributed by atoms with Crippen molar-refractivity contribution in [2.24, 2.45) is 4.99 Å². The Morgan fingerprint density at radius 1 is 1.17 bits per heavy atom. The summed E-state index contributed by atoms with van der Waals surface area (Å²) in [7, 11) is 0. The number of rotatable bonds is 3. The van der Waals surface area contributed by atoms with Gasteiger partial charge < -0.3 is 15.1 Å². The number of nitrogens with zero attached hydrogens (tertiary/aromatic N) is 4. The summed E-state index contributed by atoms with van der Waals surface area (Å²) in [5.41, 5.74) is 0.345. The van der Waals surface area contributed by atoms with E-state index in [0.29, 0.717) is 24.7 Å². The number of benzene rings is 1. The van der Waals surface area contributed by atoms with E-state index in [1.165, 1.54) is 18.2 Å². The zero-order valence-corrected chi connectivity index (χ0v) is 16.8. The number of amides is 2. The lowest BCUT2D eigenvalue weighted by atomic mass is 10.1. The monoisotopic (exact) mass is 430 g/mol. The lowest BCUT2D eigenvalue weighted by Gasteiger charge is -2.38. The molecule has 2 N–H and O–H groups in total. The first-order valence-corrected chi connectivity index (χ1v) is 9.92. The van der Waals surface area contributed by atoms with E-state index in [1.54, 1.807) is 6.20 Å². The van der Waals surface area contributed by atoms with E-state index < -0.39 is 17.8 Å². The van der Waals surface area contributed by atoms with E-state index in [-0.39, 0.29) is 17.4 Å². The molecule has 2 aliphatic rings. The molecule has 0 saturated carbocycles. The number of hydrogen-bond donors (Lipinski definition) is 2. The van der Waals surface area contributed by atoms with Crippen molar-refractivity contribution in [3.05, 3.63) is 53.4 Å². The number of aromatic nitrogens is 1. The summed E-state index contributed by atoms with van der Waals surface area (Å²) in [6.07, 6.45) is 1.70. The van der Waals surface area contributed by atoms with E-state index in [0.717, 1.165) is 18.9 Å². The molecule has 2 amide bonds. The third kappa shape index (κ3) is 4.51. The Hall–Kier alpha value is -3.20. The van der Waals surface area contributed by atoms with Gasteiger partial charge in [-0.25, -0.2) is 14.4 Å². The molecule has 30 heavy (non-hydrogen) atoms. The summed E-state index contributed by atoms with van der Waals surface area (Å²) in [6.45, 7) is 2.71. The minimum Gasteiger partial charge on any atom is -0.353 e. The molecule has 1 aromatic carbocycles. The Morgan fingerprint density at radius 3 is 2.63 bits per heavy atom. The summed E-state index contributed by atoms with van der Waals surface area (Å²) in [5, 5.41) is 5.30.